The first-order valence-electron chi connectivity index (χ1n) is 8.54. The highest BCUT2D eigenvalue weighted by molar-refractivity contribution is 7.85. The van der Waals surface area contributed by atoms with Crippen LogP contribution in [0.5, 0.6) is 0 Å². The summed E-state index contributed by atoms with van der Waals surface area (Å²) in [6, 6.07) is 0. The van der Waals surface area contributed by atoms with Gasteiger partial charge in [0.2, 0.25) is 0 Å². The highest BCUT2D eigenvalue weighted by Crippen LogP contribution is 2.12. The Bertz CT molecular complexity index is 351. The minimum Gasteiger partial charge on any atom is -0.330 e. The maximum atomic E-state index is 10.00. The van der Waals surface area contributed by atoms with Gasteiger partial charge in [-0.05, 0) is 31.7 Å². The highest BCUT2D eigenvalue weighted by Gasteiger charge is 2.06. The smallest absolute Gasteiger partial charge is 0.265 e. The predicted octanol–water partition coefficient (Wildman–Crippen LogP) is 4.42. The number of hydrogen-bond acceptors (Lipinski definition) is 3. The molecule has 0 aliphatic heterocycles. The number of hydrogen-bond donors (Lipinski definition) is 2. The van der Waals surface area contributed by atoms with Crippen LogP contribution in [0.1, 0.15) is 72.6 Å². The van der Waals surface area contributed by atoms with E-state index in [0.29, 0.717) is 5.92 Å². The quantitative estimate of drug-likeness (QED) is 0.333. The lowest BCUT2D eigenvalue weighted by Gasteiger charge is -2.08. The van der Waals surface area contributed by atoms with Gasteiger partial charge in [0, 0.05) is 0 Å². The molecule has 22 heavy (non-hydrogen) atoms. The first-order valence-corrected chi connectivity index (χ1v) is 10.2. The molecule has 0 rings (SSSR count). The van der Waals surface area contributed by atoms with Gasteiger partial charge in [-0.2, -0.15) is 8.42 Å². The first-order chi connectivity index (χ1) is 10.3. The molecular weight excluding hydrogens is 298 g/mol. The zero-order valence-electron chi connectivity index (χ0n) is 14.9. The molecule has 4 nitrogen and oxygen atoms in total. The number of allylic oxidation sites excluding steroid dienone is 1. The highest BCUT2D eigenvalue weighted by atomic mass is 32.2. The van der Waals surface area contributed by atoms with Crippen molar-refractivity contribution in [2.45, 2.75) is 72.6 Å². The van der Waals surface area contributed by atoms with Gasteiger partial charge in [0.15, 0.2) is 0 Å². The maximum Gasteiger partial charge on any atom is 0.265 e. The standard InChI is InChI=1S/C13H27N.C4H10O3S/c1-3-5-6-7-8-9-11-13(12-14)10-4-2;1-4(2)3-8(5,6)7/h4,10,13H,3,5-9,11-12,14H2,1-2H3;4H,3H2,1-2H3,(H,5,6,7). The van der Waals surface area contributed by atoms with E-state index in [1.165, 1.54) is 44.9 Å². The third-order valence-corrected chi connectivity index (χ3v) is 4.33. The third kappa shape index (κ3) is 21.9. The number of rotatable bonds is 11. The average molecular weight is 336 g/mol. The van der Waals surface area contributed by atoms with Crippen molar-refractivity contribution < 1.29 is 13.0 Å². The second-order valence-corrected chi connectivity index (χ2v) is 7.72. The molecule has 0 amide bonds. The van der Waals surface area contributed by atoms with Crippen LogP contribution >= 0.6 is 0 Å². The van der Waals surface area contributed by atoms with Crippen LogP contribution in [-0.2, 0) is 10.1 Å². The van der Waals surface area contributed by atoms with Crippen molar-refractivity contribution in [1.82, 2.24) is 0 Å². The van der Waals surface area contributed by atoms with Gasteiger partial charge in [-0.3, -0.25) is 4.55 Å². The van der Waals surface area contributed by atoms with E-state index in [-0.39, 0.29) is 11.7 Å². The summed E-state index contributed by atoms with van der Waals surface area (Å²) in [5.74, 6) is 0.476. The van der Waals surface area contributed by atoms with E-state index in [4.69, 9.17) is 10.3 Å². The molecule has 0 heterocycles. The van der Waals surface area contributed by atoms with Crippen molar-refractivity contribution in [2.24, 2.45) is 17.6 Å². The Morgan fingerprint density at radius 1 is 1.09 bits per heavy atom. The van der Waals surface area contributed by atoms with Crippen LogP contribution in [0.3, 0.4) is 0 Å². The van der Waals surface area contributed by atoms with Gasteiger partial charge >= 0.3 is 0 Å². The molecule has 0 aromatic rings. The second kappa shape index (κ2) is 15.5. The molecule has 0 fully saturated rings. The minimum absolute atomic E-state index is 0.00463. The van der Waals surface area contributed by atoms with Crippen LogP contribution < -0.4 is 5.73 Å². The predicted molar refractivity (Wildman–Crippen MR) is 96.6 cm³/mol. The molecule has 5 heteroatoms. The van der Waals surface area contributed by atoms with Crippen molar-refractivity contribution in [3.63, 3.8) is 0 Å². The van der Waals surface area contributed by atoms with E-state index < -0.39 is 10.1 Å². The Hall–Kier alpha value is -0.390. The summed E-state index contributed by atoms with van der Waals surface area (Å²) in [7, 11) is -3.72. The summed E-state index contributed by atoms with van der Waals surface area (Å²) in [5, 5.41) is 0. The Balaban J connectivity index is 0. The molecule has 0 radical (unpaired) electrons. The molecule has 0 aliphatic rings. The zero-order valence-corrected chi connectivity index (χ0v) is 15.7. The lowest BCUT2D eigenvalue weighted by Crippen LogP contribution is -2.11. The van der Waals surface area contributed by atoms with Crippen molar-refractivity contribution >= 4 is 10.1 Å². The molecule has 0 spiro atoms. The lowest BCUT2D eigenvalue weighted by molar-refractivity contribution is 0.473. The summed E-state index contributed by atoms with van der Waals surface area (Å²) in [6.45, 7) is 8.60. The molecule has 1 unspecified atom stereocenters. The fraction of sp³-hybridized carbons (Fsp3) is 0.882. The molecule has 134 valence electrons. The van der Waals surface area contributed by atoms with Crippen LogP contribution in [-0.4, -0.2) is 25.3 Å². The zero-order chi connectivity index (χ0) is 17.4. The molecule has 0 aliphatic carbocycles. The molecule has 0 aromatic heterocycles. The molecular formula is C17H37NO3S. The summed E-state index contributed by atoms with van der Waals surface area (Å²) < 4.78 is 28.2. The lowest BCUT2D eigenvalue weighted by atomic mass is 10.00. The van der Waals surface area contributed by atoms with E-state index in [0.717, 1.165) is 6.54 Å². The van der Waals surface area contributed by atoms with Gasteiger partial charge in [-0.1, -0.05) is 71.4 Å². The first kappa shape index (κ1) is 23.9. The fourth-order valence-electron chi connectivity index (χ4n) is 2.17. The molecule has 0 aromatic carbocycles. The maximum absolute atomic E-state index is 10.00. The van der Waals surface area contributed by atoms with E-state index in [2.05, 4.69) is 26.0 Å². The van der Waals surface area contributed by atoms with Gasteiger partial charge in [0.25, 0.3) is 10.1 Å². The van der Waals surface area contributed by atoms with E-state index in [9.17, 15) is 8.42 Å². The van der Waals surface area contributed by atoms with E-state index in [1.807, 2.05) is 0 Å². The number of unbranched alkanes of at least 4 members (excludes halogenated alkanes) is 5. The second-order valence-electron chi connectivity index (χ2n) is 6.22. The normalized spacial score (nSPS) is 13.2. The van der Waals surface area contributed by atoms with Crippen LogP contribution in [0.4, 0.5) is 0 Å². The molecule has 1 atom stereocenters. The third-order valence-electron chi connectivity index (χ3n) is 3.24. The average Bonchev–Trinajstić information content (AvgIpc) is 2.39. The Labute approximate surface area is 138 Å². The van der Waals surface area contributed by atoms with Gasteiger partial charge in [-0.15, -0.1) is 0 Å². The molecule has 0 bridgehead atoms. The van der Waals surface area contributed by atoms with Crippen molar-refractivity contribution in [3.05, 3.63) is 12.2 Å². The Morgan fingerprint density at radius 2 is 1.64 bits per heavy atom. The van der Waals surface area contributed by atoms with Gasteiger partial charge in [0.1, 0.15) is 0 Å². The van der Waals surface area contributed by atoms with Crippen molar-refractivity contribution in [1.29, 1.82) is 0 Å². The fourth-order valence-corrected chi connectivity index (χ4v) is 3.02. The summed E-state index contributed by atoms with van der Waals surface area (Å²) >= 11 is 0. The van der Waals surface area contributed by atoms with E-state index >= 15 is 0 Å². The summed E-state index contributed by atoms with van der Waals surface area (Å²) in [4.78, 5) is 0. The molecule has 0 saturated carbocycles. The largest absolute Gasteiger partial charge is 0.330 e. The van der Waals surface area contributed by atoms with Gasteiger partial charge in [-0.25, -0.2) is 0 Å². The van der Waals surface area contributed by atoms with Crippen LogP contribution in [0, 0.1) is 11.8 Å². The minimum atomic E-state index is -3.72. The van der Waals surface area contributed by atoms with Gasteiger partial charge < -0.3 is 5.73 Å². The Kier molecular flexibility index (Phi) is 16.8. The van der Waals surface area contributed by atoms with Crippen LogP contribution in [0.2, 0.25) is 0 Å². The van der Waals surface area contributed by atoms with Gasteiger partial charge in [0.05, 0.1) is 5.75 Å². The van der Waals surface area contributed by atoms with E-state index in [1.54, 1.807) is 13.8 Å². The van der Waals surface area contributed by atoms with Crippen LogP contribution in [0.15, 0.2) is 12.2 Å². The number of nitrogens with two attached hydrogens (primary N) is 1. The topological polar surface area (TPSA) is 80.4 Å². The SMILES string of the molecule is CC(C)CS(=O)(=O)O.CC=CC(CN)CCCCCCCC. The summed E-state index contributed by atoms with van der Waals surface area (Å²) in [6.07, 6.45) is 13.9. The van der Waals surface area contributed by atoms with Crippen molar-refractivity contribution in [2.75, 3.05) is 12.3 Å². The molecule has 0 saturated heterocycles. The Morgan fingerprint density at radius 3 is 2.00 bits per heavy atom. The molecule has 3 N–H and O–H groups in total. The van der Waals surface area contributed by atoms with Crippen LogP contribution in [0.25, 0.3) is 0 Å². The monoisotopic (exact) mass is 335 g/mol. The van der Waals surface area contributed by atoms with Crippen molar-refractivity contribution in [3.8, 4) is 0 Å². The summed E-state index contributed by atoms with van der Waals surface area (Å²) in [5.41, 5.74) is 5.67.